The number of unbranched alkanes of at least 4 members (excludes halogenated alkanes) is 2. The molecule has 2 nitrogen and oxygen atoms in total. The fraction of sp³-hybridized carbons (Fsp3) is 0.889. The number of alkyl halides is 2. The molecule has 0 aliphatic heterocycles. The summed E-state index contributed by atoms with van der Waals surface area (Å²) in [6.45, 7) is 1.98. The van der Waals surface area contributed by atoms with E-state index in [1.54, 1.807) is 0 Å². The van der Waals surface area contributed by atoms with Gasteiger partial charge in [0.15, 0.2) is 6.07 Å². The molecule has 1 atom stereocenters. The van der Waals surface area contributed by atoms with Crippen molar-refractivity contribution >= 4 is 29.2 Å². The molecule has 0 saturated heterocycles. The van der Waals surface area contributed by atoms with Crippen LogP contribution in [0.1, 0.15) is 39.0 Å². The highest BCUT2D eigenvalue weighted by molar-refractivity contribution is 6.20. The zero-order valence-electron chi connectivity index (χ0n) is 7.89. The number of esters is 1. The molecule has 0 saturated carbocycles. The molecule has 0 radical (unpaired) electrons. The van der Waals surface area contributed by atoms with Crippen LogP contribution in [0.3, 0.4) is 0 Å². The van der Waals surface area contributed by atoms with E-state index in [1.807, 2.05) is 6.92 Å². The third-order valence-electron chi connectivity index (χ3n) is 1.70. The summed E-state index contributed by atoms with van der Waals surface area (Å²) in [5, 5.41) is 0.231. The molecule has 0 rings (SSSR count). The van der Waals surface area contributed by atoms with Gasteiger partial charge < -0.3 is 4.74 Å². The van der Waals surface area contributed by atoms with E-state index in [0.717, 1.165) is 25.7 Å². The first-order valence-electron chi connectivity index (χ1n) is 4.52. The first kappa shape index (κ1) is 13.1. The molecular weight excluding hydrogens is 211 g/mol. The fourth-order valence-corrected chi connectivity index (χ4v) is 1.28. The third kappa shape index (κ3) is 9.97. The summed E-state index contributed by atoms with van der Waals surface area (Å²) >= 11 is 11.0. The Bertz CT molecular complexity index is 138. The van der Waals surface area contributed by atoms with Gasteiger partial charge in [-0.05, 0) is 19.8 Å². The Labute approximate surface area is 89.5 Å². The summed E-state index contributed by atoms with van der Waals surface area (Å²) in [7, 11) is 0. The van der Waals surface area contributed by atoms with E-state index in [0.29, 0.717) is 6.42 Å². The summed E-state index contributed by atoms with van der Waals surface area (Å²) in [4.78, 5) is 10.8. The monoisotopic (exact) mass is 226 g/mol. The lowest BCUT2D eigenvalue weighted by molar-refractivity contribution is -0.141. The average molecular weight is 227 g/mol. The van der Waals surface area contributed by atoms with Crippen molar-refractivity contribution in [3.8, 4) is 0 Å². The van der Waals surface area contributed by atoms with Crippen molar-refractivity contribution in [2.75, 3.05) is 6.07 Å². The molecule has 0 fully saturated rings. The van der Waals surface area contributed by atoms with Gasteiger partial charge in [-0.3, -0.25) is 4.79 Å². The van der Waals surface area contributed by atoms with Crippen molar-refractivity contribution in [2.24, 2.45) is 0 Å². The zero-order valence-corrected chi connectivity index (χ0v) is 9.40. The van der Waals surface area contributed by atoms with Crippen LogP contribution in [-0.4, -0.2) is 17.4 Å². The Hall–Kier alpha value is 0.0500. The molecule has 13 heavy (non-hydrogen) atoms. The lowest BCUT2D eigenvalue weighted by atomic mass is 10.1. The highest BCUT2D eigenvalue weighted by atomic mass is 35.5. The highest BCUT2D eigenvalue weighted by Crippen LogP contribution is 2.09. The molecule has 0 aromatic heterocycles. The molecule has 0 aliphatic rings. The molecular formula is C9H16Cl2O2. The molecule has 0 N–H and O–H groups in total. The molecule has 0 aromatic carbocycles. The lowest BCUT2D eigenvalue weighted by Gasteiger charge is -2.02. The molecule has 1 unspecified atom stereocenters. The maximum atomic E-state index is 10.8. The molecule has 0 aromatic rings. The normalized spacial score (nSPS) is 12.5. The summed E-state index contributed by atoms with van der Waals surface area (Å²) in [6.07, 6.45) is 4.42. The Morgan fingerprint density at radius 3 is 2.62 bits per heavy atom. The van der Waals surface area contributed by atoms with Crippen LogP contribution in [0.25, 0.3) is 0 Å². The van der Waals surface area contributed by atoms with E-state index >= 15 is 0 Å². The number of hydrogen-bond acceptors (Lipinski definition) is 2. The highest BCUT2D eigenvalue weighted by Gasteiger charge is 2.01. The van der Waals surface area contributed by atoms with Gasteiger partial charge in [0, 0.05) is 11.8 Å². The Balaban J connectivity index is 3.11. The number of rotatable bonds is 7. The standard InChI is InChI=1S/C9H16Cl2O2/c1-8(11)5-3-2-4-6-9(12)13-7-10/h8H,2-7H2,1H3. The summed E-state index contributed by atoms with van der Waals surface area (Å²) in [5.74, 6) is -0.214. The van der Waals surface area contributed by atoms with Gasteiger partial charge in [-0.1, -0.05) is 24.4 Å². The maximum absolute atomic E-state index is 10.8. The minimum absolute atomic E-state index is 0.0441. The Morgan fingerprint density at radius 2 is 2.08 bits per heavy atom. The van der Waals surface area contributed by atoms with Gasteiger partial charge in [0.05, 0.1) is 0 Å². The van der Waals surface area contributed by atoms with E-state index in [-0.39, 0.29) is 17.4 Å². The van der Waals surface area contributed by atoms with Gasteiger partial charge >= 0.3 is 5.97 Å². The van der Waals surface area contributed by atoms with Gasteiger partial charge in [-0.15, -0.1) is 11.6 Å². The molecule has 0 heterocycles. The minimum atomic E-state index is -0.214. The molecule has 0 bridgehead atoms. The SMILES string of the molecule is CC(Cl)CCCCCC(=O)OCCl. The molecule has 0 aliphatic carbocycles. The quantitative estimate of drug-likeness (QED) is 0.379. The summed E-state index contributed by atoms with van der Waals surface area (Å²) in [5.41, 5.74) is 0. The molecule has 78 valence electrons. The van der Waals surface area contributed by atoms with Crippen LogP contribution in [0.2, 0.25) is 0 Å². The van der Waals surface area contributed by atoms with Crippen molar-refractivity contribution in [1.29, 1.82) is 0 Å². The fourth-order valence-electron chi connectivity index (χ4n) is 1.00. The third-order valence-corrected chi connectivity index (χ3v) is 2.03. The van der Waals surface area contributed by atoms with Gasteiger partial charge in [-0.2, -0.15) is 0 Å². The van der Waals surface area contributed by atoms with Crippen LogP contribution in [-0.2, 0) is 9.53 Å². The minimum Gasteiger partial charge on any atom is -0.449 e. The maximum Gasteiger partial charge on any atom is 0.306 e. The molecule has 0 amide bonds. The van der Waals surface area contributed by atoms with E-state index < -0.39 is 0 Å². The topological polar surface area (TPSA) is 26.3 Å². The summed E-state index contributed by atoms with van der Waals surface area (Å²) in [6, 6.07) is -0.0441. The van der Waals surface area contributed by atoms with Crippen LogP contribution in [0.5, 0.6) is 0 Å². The predicted molar refractivity (Wildman–Crippen MR) is 55.2 cm³/mol. The first-order valence-corrected chi connectivity index (χ1v) is 5.49. The van der Waals surface area contributed by atoms with Crippen LogP contribution in [0.15, 0.2) is 0 Å². The Kier molecular flexibility index (Phi) is 8.67. The summed E-state index contributed by atoms with van der Waals surface area (Å²) < 4.78 is 4.57. The number of halogens is 2. The van der Waals surface area contributed by atoms with E-state index in [4.69, 9.17) is 23.2 Å². The second-order valence-corrected chi connectivity index (χ2v) is 3.97. The van der Waals surface area contributed by atoms with Crippen LogP contribution < -0.4 is 0 Å². The molecule has 4 heteroatoms. The van der Waals surface area contributed by atoms with Crippen LogP contribution in [0, 0.1) is 0 Å². The van der Waals surface area contributed by atoms with Crippen molar-refractivity contribution in [3.63, 3.8) is 0 Å². The van der Waals surface area contributed by atoms with Crippen molar-refractivity contribution in [1.82, 2.24) is 0 Å². The van der Waals surface area contributed by atoms with Crippen molar-refractivity contribution in [3.05, 3.63) is 0 Å². The average Bonchev–Trinajstić information content (AvgIpc) is 2.03. The van der Waals surface area contributed by atoms with Gasteiger partial charge in [0.25, 0.3) is 0 Å². The van der Waals surface area contributed by atoms with Gasteiger partial charge in [-0.25, -0.2) is 0 Å². The number of hydrogen-bond donors (Lipinski definition) is 0. The number of ether oxygens (including phenoxy) is 1. The smallest absolute Gasteiger partial charge is 0.306 e. The Morgan fingerprint density at radius 1 is 1.38 bits per heavy atom. The van der Waals surface area contributed by atoms with Gasteiger partial charge in [0.2, 0.25) is 0 Å². The predicted octanol–water partition coefficient (Wildman–Crippen LogP) is 3.30. The first-order chi connectivity index (χ1) is 6.16. The second-order valence-electron chi connectivity index (χ2n) is 3.01. The largest absolute Gasteiger partial charge is 0.449 e. The van der Waals surface area contributed by atoms with Crippen molar-refractivity contribution < 1.29 is 9.53 Å². The zero-order chi connectivity index (χ0) is 10.1. The van der Waals surface area contributed by atoms with E-state index in [1.165, 1.54) is 0 Å². The number of carbonyl (C=O) groups is 1. The second kappa shape index (κ2) is 8.64. The molecule has 0 spiro atoms. The van der Waals surface area contributed by atoms with Gasteiger partial charge in [0.1, 0.15) is 0 Å². The van der Waals surface area contributed by atoms with Crippen molar-refractivity contribution in [2.45, 2.75) is 44.4 Å². The van der Waals surface area contributed by atoms with E-state index in [9.17, 15) is 4.79 Å². The van der Waals surface area contributed by atoms with Crippen LogP contribution >= 0.6 is 23.2 Å². The number of carbonyl (C=O) groups excluding carboxylic acids is 1. The lowest BCUT2D eigenvalue weighted by Crippen LogP contribution is -2.02. The van der Waals surface area contributed by atoms with Crippen LogP contribution in [0.4, 0.5) is 0 Å². The van der Waals surface area contributed by atoms with E-state index in [2.05, 4.69) is 4.74 Å².